The van der Waals surface area contributed by atoms with Crippen molar-refractivity contribution >= 4 is 50.1 Å². The van der Waals surface area contributed by atoms with Crippen molar-refractivity contribution in [3.8, 4) is 0 Å². The van der Waals surface area contributed by atoms with Crippen LogP contribution in [0, 0.1) is 6.92 Å². The first-order chi connectivity index (χ1) is 19.8. The normalized spacial score (nSPS) is 16.4. The lowest BCUT2D eigenvalue weighted by Crippen LogP contribution is -2.41. The molecule has 4 aromatic rings. The number of hydrogen-bond acceptors (Lipinski definition) is 10. The molecule has 1 aromatic carbocycles. The molecule has 13 nitrogen and oxygen atoms in total. The number of ether oxygens (including phenoxy) is 1. The number of nitrogens with one attached hydrogen (secondary N) is 2. The van der Waals surface area contributed by atoms with Crippen LogP contribution in [0.15, 0.2) is 41.5 Å². The highest BCUT2D eigenvalue weighted by atomic mass is 35.5. The summed E-state index contributed by atoms with van der Waals surface area (Å²) in [6, 6.07) is 6.29. The Kier molecular flexibility index (Phi) is 7.96. The summed E-state index contributed by atoms with van der Waals surface area (Å²) >= 11 is 6.02. The number of fused-ring (bicyclic) bond motifs is 1. The van der Waals surface area contributed by atoms with E-state index in [1.165, 1.54) is 6.07 Å². The number of amides is 1. The van der Waals surface area contributed by atoms with Crippen LogP contribution in [0.1, 0.15) is 46.2 Å². The van der Waals surface area contributed by atoms with E-state index in [1.807, 2.05) is 42.8 Å². The molecule has 1 amide bonds. The number of sulfonamides is 1. The van der Waals surface area contributed by atoms with Gasteiger partial charge >= 0.3 is 0 Å². The maximum atomic E-state index is 13.6. The lowest BCUT2D eigenvalue weighted by Gasteiger charge is -2.34. The number of aryl methyl sites for hydroxylation is 2. The fourth-order valence-corrected chi connectivity index (χ4v) is 5.63. The highest BCUT2D eigenvalue weighted by Crippen LogP contribution is 2.30. The first-order valence-electron chi connectivity index (χ1n) is 13.1. The number of carbonyl (C=O) groups excluding carboxylic acids is 1. The molecule has 2 N–H and O–H groups in total. The van der Waals surface area contributed by atoms with Gasteiger partial charge in [0.1, 0.15) is 11.3 Å². The van der Waals surface area contributed by atoms with E-state index in [9.17, 15) is 18.0 Å². The lowest BCUT2D eigenvalue weighted by molar-refractivity contribution is 0.0389. The zero-order valence-electron chi connectivity index (χ0n) is 23.8. The summed E-state index contributed by atoms with van der Waals surface area (Å²) in [4.78, 5) is 37.4. The Labute approximate surface area is 247 Å². The number of halogens is 1. The van der Waals surface area contributed by atoms with Gasteiger partial charge in [0, 0.05) is 38.0 Å². The van der Waals surface area contributed by atoms with E-state index in [0.29, 0.717) is 42.1 Å². The average Bonchev–Trinajstić information content (AvgIpc) is 3.37. The molecule has 0 spiro atoms. The molecule has 0 bridgehead atoms. The van der Waals surface area contributed by atoms with Gasteiger partial charge in [-0.05, 0) is 37.6 Å². The van der Waals surface area contributed by atoms with Crippen LogP contribution in [-0.2, 0) is 28.9 Å². The van der Waals surface area contributed by atoms with Gasteiger partial charge in [0.2, 0.25) is 16.0 Å². The summed E-state index contributed by atoms with van der Waals surface area (Å²) in [6.07, 6.45) is 4.32. The Morgan fingerprint density at radius 1 is 1.21 bits per heavy atom. The Balaban J connectivity index is 1.54. The maximum absolute atomic E-state index is 13.6. The number of aromatic nitrogens is 5. The number of pyridine rings is 1. The number of morpholine rings is 1. The van der Waals surface area contributed by atoms with Crippen molar-refractivity contribution in [3.63, 3.8) is 0 Å². The minimum absolute atomic E-state index is 0.0257. The fourth-order valence-electron chi connectivity index (χ4n) is 5.05. The molecule has 0 aliphatic carbocycles. The van der Waals surface area contributed by atoms with Crippen LogP contribution in [0.25, 0.3) is 10.9 Å². The zero-order valence-corrected chi connectivity index (χ0v) is 25.3. The van der Waals surface area contributed by atoms with Crippen LogP contribution in [0.4, 0.5) is 11.6 Å². The maximum Gasteiger partial charge on any atom is 0.285 e. The van der Waals surface area contributed by atoms with E-state index in [1.54, 1.807) is 34.6 Å². The van der Waals surface area contributed by atoms with E-state index in [0.717, 1.165) is 17.4 Å². The first-order valence-corrected chi connectivity index (χ1v) is 15.4. The van der Waals surface area contributed by atoms with Gasteiger partial charge in [-0.1, -0.05) is 17.7 Å². The molecule has 1 saturated heterocycles. The minimum Gasteiger partial charge on any atom is -0.377 e. The number of benzene rings is 1. The SMILES string of the molecule is Cc1cc([C@@H](C)Nc2ccc(Cl)nc2C(=O)NS(C)(=O)=O)c2nc(N3CCO[C@@H](c4cnn(C)c4)C3)n(C)c(=O)c2c1. The second-order valence-electron chi connectivity index (χ2n) is 10.4. The van der Waals surface area contributed by atoms with Crippen LogP contribution in [-0.4, -0.2) is 64.6 Å². The zero-order chi connectivity index (χ0) is 30.3. The molecular weight excluding hydrogens is 584 g/mol. The fraction of sp³-hybridized carbons (Fsp3) is 0.370. The summed E-state index contributed by atoms with van der Waals surface area (Å²) < 4.78 is 34.6. The summed E-state index contributed by atoms with van der Waals surface area (Å²) in [6.45, 7) is 5.23. The number of hydrogen-bond donors (Lipinski definition) is 2. The van der Waals surface area contributed by atoms with Gasteiger partial charge in [-0.3, -0.25) is 18.8 Å². The highest BCUT2D eigenvalue weighted by molar-refractivity contribution is 7.89. The van der Waals surface area contributed by atoms with Gasteiger partial charge in [-0.15, -0.1) is 0 Å². The molecule has 0 radical (unpaired) electrons. The van der Waals surface area contributed by atoms with Crippen molar-refractivity contribution in [2.75, 3.05) is 36.2 Å². The van der Waals surface area contributed by atoms with Crippen molar-refractivity contribution in [3.05, 3.63) is 74.6 Å². The standard InChI is InChI=1S/C27H31ClN8O5S/c1-15-10-18(16(2)30-20-6-7-22(28)31-24(20)25(37)33-42(5,39)40)23-19(11-15)26(38)35(4)27(32-23)36-8-9-41-21(14-36)17-12-29-34(3)13-17/h6-7,10-13,16,21,30H,8-9,14H2,1-5H3,(H,33,37)/t16-,21-/m1/s1. The molecule has 1 aliphatic rings. The molecule has 15 heteroatoms. The molecular formula is C27H31ClN8O5S. The summed E-state index contributed by atoms with van der Waals surface area (Å²) in [5, 5.41) is 7.96. The highest BCUT2D eigenvalue weighted by Gasteiger charge is 2.27. The Morgan fingerprint density at radius 2 is 1.98 bits per heavy atom. The average molecular weight is 615 g/mol. The van der Waals surface area contributed by atoms with E-state index >= 15 is 0 Å². The summed E-state index contributed by atoms with van der Waals surface area (Å²) in [7, 11) is -0.288. The van der Waals surface area contributed by atoms with Crippen LogP contribution < -0.4 is 20.5 Å². The molecule has 222 valence electrons. The Bertz CT molecular complexity index is 1860. The Hall–Kier alpha value is -4.01. The van der Waals surface area contributed by atoms with Crippen LogP contribution in [0.5, 0.6) is 0 Å². The van der Waals surface area contributed by atoms with Crippen molar-refractivity contribution in [2.24, 2.45) is 14.1 Å². The molecule has 2 atom stereocenters. The topological polar surface area (TPSA) is 153 Å². The monoisotopic (exact) mass is 614 g/mol. The number of carbonyl (C=O) groups is 1. The van der Waals surface area contributed by atoms with Gasteiger partial charge in [0.15, 0.2) is 5.69 Å². The largest absolute Gasteiger partial charge is 0.377 e. The summed E-state index contributed by atoms with van der Waals surface area (Å²) in [5.41, 5.74) is 2.89. The van der Waals surface area contributed by atoms with Crippen molar-refractivity contribution < 1.29 is 17.9 Å². The minimum atomic E-state index is -3.84. The molecule has 0 saturated carbocycles. The molecule has 0 unspecified atom stereocenters. The predicted molar refractivity (Wildman–Crippen MR) is 159 cm³/mol. The van der Waals surface area contributed by atoms with Crippen molar-refractivity contribution in [1.82, 2.24) is 29.0 Å². The number of rotatable bonds is 7. The van der Waals surface area contributed by atoms with Crippen LogP contribution >= 0.6 is 11.6 Å². The molecule has 1 aliphatic heterocycles. The number of anilines is 2. The van der Waals surface area contributed by atoms with Gasteiger partial charge in [0.25, 0.3) is 11.5 Å². The molecule has 3 aromatic heterocycles. The van der Waals surface area contributed by atoms with E-state index < -0.39 is 22.0 Å². The van der Waals surface area contributed by atoms with Crippen molar-refractivity contribution in [1.29, 1.82) is 0 Å². The van der Waals surface area contributed by atoms with Gasteiger partial charge in [-0.25, -0.2) is 23.1 Å². The molecule has 5 rings (SSSR count). The Morgan fingerprint density at radius 3 is 2.67 bits per heavy atom. The van der Waals surface area contributed by atoms with E-state index in [-0.39, 0.29) is 28.2 Å². The van der Waals surface area contributed by atoms with E-state index in [4.69, 9.17) is 21.3 Å². The third-order valence-corrected chi connectivity index (χ3v) is 7.74. The van der Waals surface area contributed by atoms with Crippen molar-refractivity contribution in [2.45, 2.75) is 26.0 Å². The smallest absolute Gasteiger partial charge is 0.285 e. The van der Waals surface area contributed by atoms with Crippen LogP contribution in [0.3, 0.4) is 0 Å². The quantitative estimate of drug-likeness (QED) is 0.297. The molecule has 4 heterocycles. The molecule has 1 fully saturated rings. The summed E-state index contributed by atoms with van der Waals surface area (Å²) in [5.74, 6) is -0.419. The third-order valence-electron chi connectivity index (χ3n) is 6.97. The van der Waals surface area contributed by atoms with Crippen LogP contribution in [0.2, 0.25) is 5.15 Å². The van der Waals surface area contributed by atoms with Gasteiger partial charge < -0.3 is 15.0 Å². The van der Waals surface area contributed by atoms with Gasteiger partial charge in [0.05, 0.1) is 48.2 Å². The second-order valence-corrected chi connectivity index (χ2v) is 12.5. The van der Waals surface area contributed by atoms with E-state index in [2.05, 4.69) is 15.4 Å². The predicted octanol–water partition coefficient (Wildman–Crippen LogP) is 2.46. The number of nitrogens with zero attached hydrogens (tertiary/aromatic N) is 6. The lowest BCUT2D eigenvalue weighted by atomic mass is 10.0. The van der Waals surface area contributed by atoms with Gasteiger partial charge in [-0.2, -0.15) is 5.10 Å². The third kappa shape index (κ3) is 6.10. The second kappa shape index (κ2) is 11.3. The molecule has 42 heavy (non-hydrogen) atoms. The first kappa shape index (κ1) is 29.5.